The van der Waals surface area contributed by atoms with Gasteiger partial charge < -0.3 is 4.57 Å². The molecule has 0 spiro atoms. The van der Waals surface area contributed by atoms with Crippen molar-refractivity contribution in [3.05, 3.63) is 0 Å². The molecule has 80 valence electrons. The second kappa shape index (κ2) is 3.49. The molecule has 0 radical (unpaired) electrons. The normalized spacial score (nSPS) is 24.5. The van der Waals surface area contributed by atoms with Crippen LogP contribution < -0.4 is 0 Å². The smallest absolute Gasteiger partial charge is 0.226 e. The maximum Gasteiger partial charge on any atom is 0.226 e. The third-order valence-corrected chi connectivity index (χ3v) is 7.08. The van der Waals surface area contributed by atoms with Gasteiger partial charge in [0.05, 0.1) is 0 Å². The molecule has 3 nitrogen and oxygen atoms in total. The Bertz CT molecular complexity index is 270. The lowest BCUT2D eigenvalue weighted by Crippen LogP contribution is -2.62. The molecule has 4 heteroatoms. The highest BCUT2D eigenvalue weighted by Crippen LogP contribution is 2.33. The van der Waals surface area contributed by atoms with Gasteiger partial charge in [-0.2, -0.15) is 0 Å². The Labute approximate surface area is 87.2 Å². The molecule has 0 aromatic rings. The SMILES string of the molecule is CC(=O)C1CN([Si@@H](C)C(C)(C)C)C1=O. The fraction of sp³-hybridized carbons (Fsp3) is 0.800. The Kier molecular flexibility index (Phi) is 2.85. The van der Waals surface area contributed by atoms with E-state index >= 15 is 0 Å². The standard InChI is InChI=1S/C10H19NO2Si/c1-7(12)8-6-11(9(8)13)14(5)10(2,3)4/h8,14H,6H2,1-5H3/t8?,14-/m0/s1. The molecule has 1 unspecified atom stereocenters. The molecule has 0 aromatic heterocycles. The van der Waals surface area contributed by atoms with Crippen LogP contribution in [0.15, 0.2) is 0 Å². The summed E-state index contributed by atoms with van der Waals surface area (Å²) in [6, 6.07) is 0. The number of β-lactam (4-membered cyclic amide) rings is 1. The molecule has 1 aliphatic heterocycles. The monoisotopic (exact) mass is 213 g/mol. The van der Waals surface area contributed by atoms with E-state index in [1.54, 1.807) is 0 Å². The highest BCUT2D eigenvalue weighted by atomic mass is 28.3. The van der Waals surface area contributed by atoms with Crippen molar-refractivity contribution in [2.45, 2.75) is 39.3 Å². The molecule has 1 fully saturated rings. The first kappa shape index (κ1) is 11.4. The van der Waals surface area contributed by atoms with E-state index in [9.17, 15) is 9.59 Å². The van der Waals surface area contributed by atoms with Gasteiger partial charge in [0.1, 0.15) is 20.7 Å². The molecule has 0 saturated carbocycles. The van der Waals surface area contributed by atoms with Gasteiger partial charge in [0.2, 0.25) is 5.91 Å². The second-order valence-corrected chi connectivity index (χ2v) is 8.90. The van der Waals surface area contributed by atoms with Crippen molar-refractivity contribution in [2.24, 2.45) is 5.92 Å². The molecule has 0 aromatic carbocycles. The number of ketones is 1. The topological polar surface area (TPSA) is 37.4 Å². The molecule has 1 aliphatic rings. The van der Waals surface area contributed by atoms with E-state index in [-0.39, 0.29) is 22.6 Å². The van der Waals surface area contributed by atoms with Gasteiger partial charge in [-0.1, -0.05) is 27.3 Å². The minimum absolute atomic E-state index is 0.0151. The predicted octanol–water partition coefficient (Wildman–Crippen LogP) is 1.19. The number of nitrogens with zero attached hydrogens (tertiary/aromatic N) is 1. The van der Waals surface area contributed by atoms with E-state index in [1.165, 1.54) is 6.92 Å². The molecule has 1 heterocycles. The van der Waals surface area contributed by atoms with Gasteiger partial charge >= 0.3 is 0 Å². The quantitative estimate of drug-likeness (QED) is 0.392. The molecule has 14 heavy (non-hydrogen) atoms. The highest BCUT2D eigenvalue weighted by molar-refractivity contribution is 6.61. The summed E-state index contributed by atoms with van der Waals surface area (Å²) in [5, 5.41) is 0.220. The summed E-state index contributed by atoms with van der Waals surface area (Å²) in [4.78, 5) is 22.7. The van der Waals surface area contributed by atoms with Crippen LogP contribution in [0, 0.1) is 5.92 Å². The van der Waals surface area contributed by atoms with Crippen molar-refractivity contribution in [2.75, 3.05) is 6.54 Å². The molecular formula is C10H19NO2Si. The van der Waals surface area contributed by atoms with E-state index in [4.69, 9.17) is 0 Å². The molecule has 0 bridgehead atoms. The van der Waals surface area contributed by atoms with Crippen molar-refractivity contribution in [1.29, 1.82) is 0 Å². The van der Waals surface area contributed by atoms with Gasteiger partial charge in [0.15, 0.2) is 0 Å². The van der Waals surface area contributed by atoms with Crippen molar-refractivity contribution >= 4 is 20.6 Å². The van der Waals surface area contributed by atoms with Crippen LogP contribution in [-0.4, -0.2) is 31.8 Å². The first-order valence-electron chi connectivity index (χ1n) is 5.06. The van der Waals surface area contributed by atoms with Crippen molar-refractivity contribution in [1.82, 2.24) is 4.57 Å². The van der Waals surface area contributed by atoms with Crippen LogP contribution in [0.25, 0.3) is 0 Å². The van der Waals surface area contributed by atoms with Crippen molar-refractivity contribution < 1.29 is 9.59 Å². The zero-order valence-corrected chi connectivity index (χ0v) is 10.8. The number of carbonyl (C=O) groups is 2. The maximum absolute atomic E-state index is 11.6. The molecule has 1 saturated heterocycles. The van der Waals surface area contributed by atoms with E-state index in [2.05, 4.69) is 27.3 Å². The summed E-state index contributed by atoms with van der Waals surface area (Å²) < 4.78 is 1.94. The Hall–Kier alpha value is -0.643. The Morgan fingerprint density at radius 3 is 2.29 bits per heavy atom. The summed E-state index contributed by atoms with van der Waals surface area (Å²) in [5.74, 6) is -0.250. The zero-order chi connectivity index (χ0) is 11.1. The lowest BCUT2D eigenvalue weighted by molar-refractivity contribution is -0.146. The third kappa shape index (κ3) is 1.89. The first-order valence-corrected chi connectivity index (χ1v) is 7.31. The zero-order valence-electron chi connectivity index (χ0n) is 9.63. The van der Waals surface area contributed by atoms with Gasteiger partial charge in [-0.15, -0.1) is 0 Å². The summed E-state index contributed by atoms with van der Waals surface area (Å²) in [7, 11) is -1.20. The second-order valence-electron chi connectivity index (χ2n) is 5.20. The summed E-state index contributed by atoms with van der Waals surface area (Å²) in [6.45, 7) is 10.8. The number of hydrogen-bond acceptors (Lipinski definition) is 2. The van der Waals surface area contributed by atoms with Crippen molar-refractivity contribution in [3.63, 3.8) is 0 Å². The van der Waals surface area contributed by atoms with E-state index < -0.39 is 8.96 Å². The number of hydrogen-bond donors (Lipinski definition) is 0. The fourth-order valence-corrected chi connectivity index (χ4v) is 3.60. The lowest BCUT2D eigenvalue weighted by atomic mass is 9.98. The van der Waals surface area contributed by atoms with Crippen LogP contribution in [-0.2, 0) is 9.59 Å². The Balaban J connectivity index is 2.61. The summed E-state index contributed by atoms with van der Waals surface area (Å²) in [6.07, 6.45) is 0. The average Bonchev–Trinajstić information content (AvgIpc) is 1.99. The average molecular weight is 213 g/mol. The Morgan fingerprint density at radius 2 is 2.00 bits per heavy atom. The number of carbonyl (C=O) groups excluding carboxylic acids is 2. The molecule has 0 N–H and O–H groups in total. The van der Waals surface area contributed by atoms with E-state index in [0.29, 0.717) is 6.54 Å². The predicted molar refractivity (Wildman–Crippen MR) is 58.6 cm³/mol. The Morgan fingerprint density at radius 1 is 1.50 bits per heavy atom. The first-order chi connectivity index (χ1) is 6.25. The maximum atomic E-state index is 11.6. The highest BCUT2D eigenvalue weighted by Gasteiger charge is 2.45. The van der Waals surface area contributed by atoms with Gasteiger partial charge in [0.25, 0.3) is 0 Å². The fourth-order valence-electron chi connectivity index (χ4n) is 1.57. The number of Topliss-reactive ketones (excluding diaryl/α,β-unsaturated/α-hetero) is 1. The molecule has 0 aliphatic carbocycles. The van der Waals surface area contributed by atoms with Crippen LogP contribution in [0.4, 0.5) is 0 Å². The number of amides is 1. The summed E-state index contributed by atoms with van der Waals surface area (Å²) >= 11 is 0. The van der Waals surface area contributed by atoms with E-state index in [0.717, 1.165) is 0 Å². The number of rotatable bonds is 2. The molecule has 1 amide bonds. The van der Waals surface area contributed by atoms with Crippen LogP contribution in [0.1, 0.15) is 27.7 Å². The van der Waals surface area contributed by atoms with Crippen LogP contribution in [0.3, 0.4) is 0 Å². The molecule has 1 rings (SSSR count). The van der Waals surface area contributed by atoms with Crippen LogP contribution >= 0.6 is 0 Å². The lowest BCUT2D eigenvalue weighted by Gasteiger charge is -2.45. The molecule has 2 atom stereocenters. The van der Waals surface area contributed by atoms with Gasteiger partial charge in [0, 0.05) is 6.54 Å². The van der Waals surface area contributed by atoms with Crippen molar-refractivity contribution in [3.8, 4) is 0 Å². The van der Waals surface area contributed by atoms with Crippen LogP contribution in [0.2, 0.25) is 11.6 Å². The van der Waals surface area contributed by atoms with Crippen LogP contribution in [0.5, 0.6) is 0 Å². The summed E-state index contributed by atoms with van der Waals surface area (Å²) in [5.41, 5.74) is 0. The van der Waals surface area contributed by atoms with Gasteiger partial charge in [-0.05, 0) is 12.0 Å². The van der Waals surface area contributed by atoms with Gasteiger partial charge in [-0.3, -0.25) is 9.59 Å². The van der Waals surface area contributed by atoms with E-state index in [1.807, 2.05) is 4.57 Å². The largest absolute Gasteiger partial charge is 0.370 e. The minimum Gasteiger partial charge on any atom is -0.370 e. The van der Waals surface area contributed by atoms with Gasteiger partial charge in [-0.25, -0.2) is 0 Å². The third-order valence-electron chi connectivity index (χ3n) is 3.17. The molecular weight excluding hydrogens is 194 g/mol. The minimum atomic E-state index is -1.20.